The fraction of sp³-hybridized carbons (Fsp3) is 0.294. The van der Waals surface area contributed by atoms with Crippen LogP contribution >= 0.6 is 0 Å². The van der Waals surface area contributed by atoms with Crippen LogP contribution in [-0.2, 0) is 6.54 Å². The maximum atomic E-state index is 5.29. The molecule has 2 aromatic carbocycles. The first kappa shape index (κ1) is 14.3. The van der Waals surface area contributed by atoms with Crippen LogP contribution in [0.2, 0.25) is 0 Å². The number of anilines is 2. The Kier molecular flexibility index (Phi) is 4.51. The van der Waals surface area contributed by atoms with Gasteiger partial charge in [-0.3, -0.25) is 0 Å². The van der Waals surface area contributed by atoms with Crippen LogP contribution < -0.4 is 15.0 Å². The molecule has 2 rings (SSSR count). The van der Waals surface area contributed by atoms with E-state index in [9.17, 15) is 0 Å². The first-order chi connectivity index (χ1) is 9.61. The van der Waals surface area contributed by atoms with E-state index in [0.717, 1.165) is 23.5 Å². The van der Waals surface area contributed by atoms with Gasteiger partial charge in [-0.2, -0.15) is 0 Å². The van der Waals surface area contributed by atoms with E-state index in [1.807, 2.05) is 6.07 Å². The first-order valence-electron chi connectivity index (χ1n) is 6.75. The van der Waals surface area contributed by atoms with Gasteiger partial charge in [0.25, 0.3) is 0 Å². The number of rotatable bonds is 5. The summed E-state index contributed by atoms with van der Waals surface area (Å²) in [7, 11) is 5.81. The molecule has 20 heavy (non-hydrogen) atoms. The van der Waals surface area contributed by atoms with E-state index < -0.39 is 0 Å². The van der Waals surface area contributed by atoms with Gasteiger partial charge in [-0.05, 0) is 36.2 Å². The summed E-state index contributed by atoms with van der Waals surface area (Å²) in [6, 6.07) is 14.6. The van der Waals surface area contributed by atoms with Crippen molar-refractivity contribution in [2.45, 2.75) is 13.5 Å². The van der Waals surface area contributed by atoms with Crippen molar-refractivity contribution in [3.05, 3.63) is 53.6 Å². The molecule has 2 aromatic rings. The van der Waals surface area contributed by atoms with E-state index in [4.69, 9.17) is 4.74 Å². The Balaban J connectivity index is 2.11. The van der Waals surface area contributed by atoms with Crippen LogP contribution in [0.25, 0.3) is 0 Å². The fourth-order valence-electron chi connectivity index (χ4n) is 2.26. The second kappa shape index (κ2) is 6.33. The van der Waals surface area contributed by atoms with E-state index in [2.05, 4.69) is 67.6 Å². The number of nitrogens with one attached hydrogen (secondary N) is 1. The zero-order valence-corrected chi connectivity index (χ0v) is 12.6. The molecule has 0 amide bonds. The predicted octanol–water partition coefficient (Wildman–Crippen LogP) is 3.68. The Morgan fingerprint density at radius 3 is 2.50 bits per heavy atom. The maximum absolute atomic E-state index is 5.29. The summed E-state index contributed by atoms with van der Waals surface area (Å²) in [6.45, 7) is 2.87. The molecule has 0 radical (unpaired) electrons. The summed E-state index contributed by atoms with van der Waals surface area (Å²) >= 11 is 0. The topological polar surface area (TPSA) is 24.5 Å². The number of methoxy groups -OCH3 is 1. The lowest BCUT2D eigenvalue weighted by Gasteiger charge is -2.18. The van der Waals surface area contributed by atoms with E-state index in [-0.39, 0.29) is 0 Å². The van der Waals surface area contributed by atoms with E-state index in [0.29, 0.717) is 0 Å². The van der Waals surface area contributed by atoms with Gasteiger partial charge in [0.15, 0.2) is 0 Å². The van der Waals surface area contributed by atoms with Crippen molar-refractivity contribution in [2.75, 3.05) is 31.4 Å². The average molecular weight is 270 g/mol. The van der Waals surface area contributed by atoms with Crippen molar-refractivity contribution in [3.63, 3.8) is 0 Å². The Hall–Kier alpha value is -2.16. The van der Waals surface area contributed by atoms with Crippen LogP contribution in [0.1, 0.15) is 11.1 Å². The lowest BCUT2D eigenvalue weighted by molar-refractivity contribution is 0.411. The molecule has 0 aliphatic carbocycles. The summed E-state index contributed by atoms with van der Waals surface area (Å²) in [5.41, 5.74) is 4.74. The van der Waals surface area contributed by atoms with E-state index in [1.165, 1.54) is 11.3 Å². The fourth-order valence-corrected chi connectivity index (χ4v) is 2.26. The van der Waals surface area contributed by atoms with Gasteiger partial charge in [-0.25, -0.2) is 0 Å². The van der Waals surface area contributed by atoms with Crippen molar-refractivity contribution in [3.8, 4) is 5.75 Å². The van der Waals surface area contributed by atoms with Crippen LogP contribution in [-0.4, -0.2) is 21.2 Å². The van der Waals surface area contributed by atoms with Gasteiger partial charge >= 0.3 is 0 Å². The lowest BCUT2D eigenvalue weighted by atomic mass is 10.1. The lowest BCUT2D eigenvalue weighted by Crippen LogP contribution is -2.12. The Morgan fingerprint density at radius 2 is 1.85 bits per heavy atom. The Morgan fingerprint density at radius 1 is 1.10 bits per heavy atom. The number of hydrogen-bond acceptors (Lipinski definition) is 3. The largest absolute Gasteiger partial charge is 0.496 e. The number of benzene rings is 2. The van der Waals surface area contributed by atoms with Crippen molar-refractivity contribution < 1.29 is 4.74 Å². The van der Waals surface area contributed by atoms with Crippen LogP contribution in [0.15, 0.2) is 42.5 Å². The molecule has 0 bridgehead atoms. The average Bonchev–Trinajstić information content (AvgIpc) is 2.45. The molecule has 106 valence electrons. The van der Waals surface area contributed by atoms with Crippen molar-refractivity contribution in [2.24, 2.45) is 0 Å². The smallest absolute Gasteiger partial charge is 0.121 e. The normalized spacial score (nSPS) is 10.2. The molecule has 0 unspecified atom stereocenters. The number of nitrogens with zero attached hydrogens (tertiary/aromatic N) is 1. The van der Waals surface area contributed by atoms with Crippen LogP contribution in [0, 0.1) is 6.92 Å². The minimum Gasteiger partial charge on any atom is -0.496 e. The van der Waals surface area contributed by atoms with Gasteiger partial charge in [0.05, 0.1) is 18.5 Å². The Bertz CT molecular complexity index is 579. The van der Waals surface area contributed by atoms with Crippen LogP contribution in [0.4, 0.5) is 11.4 Å². The first-order valence-corrected chi connectivity index (χ1v) is 6.75. The van der Waals surface area contributed by atoms with E-state index >= 15 is 0 Å². The Labute approximate surface area is 121 Å². The summed E-state index contributed by atoms with van der Waals surface area (Å²) in [6.07, 6.45) is 0. The number of para-hydroxylation sites is 2. The minimum atomic E-state index is 0.801. The highest BCUT2D eigenvalue weighted by Gasteiger charge is 2.04. The summed E-state index contributed by atoms with van der Waals surface area (Å²) in [4.78, 5) is 2.11. The number of ether oxygens (including phenoxy) is 1. The third-order valence-corrected chi connectivity index (χ3v) is 3.33. The molecule has 0 atom stereocenters. The summed E-state index contributed by atoms with van der Waals surface area (Å²) in [5, 5.41) is 3.49. The molecule has 0 aliphatic rings. The second-order valence-corrected chi connectivity index (χ2v) is 5.07. The highest BCUT2D eigenvalue weighted by atomic mass is 16.5. The molecule has 0 aromatic heterocycles. The third-order valence-electron chi connectivity index (χ3n) is 3.33. The molecule has 0 heterocycles. The van der Waals surface area contributed by atoms with Gasteiger partial charge in [-0.15, -0.1) is 0 Å². The SMILES string of the molecule is COc1ccc(CNc2ccccc2N(C)C)cc1C. The molecular weight excluding hydrogens is 248 g/mol. The van der Waals surface area contributed by atoms with E-state index in [1.54, 1.807) is 7.11 Å². The molecular formula is C17H22N2O. The quantitative estimate of drug-likeness (QED) is 0.897. The maximum Gasteiger partial charge on any atom is 0.121 e. The predicted molar refractivity (Wildman–Crippen MR) is 85.8 cm³/mol. The standard InChI is InChI=1S/C17H22N2O/c1-13-11-14(9-10-17(13)20-4)12-18-15-7-5-6-8-16(15)19(2)3/h5-11,18H,12H2,1-4H3. The van der Waals surface area contributed by atoms with Gasteiger partial charge in [0.2, 0.25) is 0 Å². The number of aryl methyl sites for hydroxylation is 1. The highest BCUT2D eigenvalue weighted by molar-refractivity contribution is 5.69. The molecule has 0 fully saturated rings. The van der Waals surface area contributed by atoms with Crippen molar-refractivity contribution >= 4 is 11.4 Å². The summed E-state index contributed by atoms with van der Waals surface area (Å²) < 4.78 is 5.29. The van der Waals surface area contributed by atoms with Gasteiger partial charge in [0, 0.05) is 20.6 Å². The van der Waals surface area contributed by atoms with Gasteiger partial charge < -0.3 is 15.0 Å². The van der Waals surface area contributed by atoms with Crippen LogP contribution in [0.3, 0.4) is 0 Å². The molecule has 3 heteroatoms. The number of hydrogen-bond donors (Lipinski definition) is 1. The molecule has 0 saturated carbocycles. The zero-order valence-electron chi connectivity index (χ0n) is 12.6. The van der Waals surface area contributed by atoms with Gasteiger partial charge in [0.1, 0.15) is 5.75 Å². The molecule has 3 nitrogen and oxygen atoms in total. The molecule has 0 saturated heterocycles. The van der Waals surface area contributed by atoms with Crippen molar-refractivity contribution in [1.29, 1.82) is 0 Å². The zero-order chi connectivity index (χ0) is 14.5. The van der Waals surface area contributed by atoms with Crippen LogP contribution in [0.5, 0.6) is 5.75 Å². The molecule has 0 aliphatic heterocycles. The van der Waals surface area contributed by atoms with Gasteiger partial charge in [-0.1, -0.05) is 24.3 Å². The second-order valence-electron chi connectivity index (χ2n) is 5.07. The molecule has 0 spiro atoms. The summed E-state index contributed by atoms with van der Waals surface area (Å²) in [5.74, 6) is 0.933. The minimum absolute atomic E-state index is 0.801. The third kappa shape index (κ3) is 3.23. The van der Waals surface area contributed by atoms with Crippen molar-refractivity contribution in [1.82, 2.24) is 0 Å². The monoisotopic (exact) mass is 270 g/mol. The highest BCUT2D eigenvalue weighted by Crippen LogP contribution is 2.25. The molecule has 1 N–H and O–H groups in total.